The molecule has 0 atom stereocenters. The third-order valence-corrected chi connectivity index (χ3v) is 5.54. The van der Waals surface area contributed by atoms with Crippen molar-refractivity contribution in [1.29, 1.82) is 0 Å². The fraction of sp³-hybridized carbons (Fsp3) is 0.250. The predicted molar refractivity (Wildman–Crippen MR) is 107 cm³/mol. The Morgan fingerprint density at radius 3 is 1.93 bits per heavy atom. The molecular weight excluding hydrogens is 353 g/mol. The fourth-order valence-electron chi connectivity index (χ4n) is 4.12. The molecule has 0 unspecified atom stereocenters. The molecule has 0 aliphatic carbocycles. The van der Waals surface area contributed by atoms with E-state index < -0.39 is 5.79 Å². The number of hydrogen-bond donors (Lipinski definition) is 0. The number of halogens is 1. The molecule has 4 heteroatoms. The van der Waals surface area contributed by atoms with Crippen LogP contribution in [-0.2, 0) is 5.79 Å². The maximum Gasteiger partial charge on any atom is 0.305 e. The number of ether oxygens (including phenoxy) is 2. The van der Waals surface area contributed by atoms with E-state index in [-0.39, 0.29) is 11.6 Å². The van der Waals surface area contributed by atoms with Crippen molar-refractivity contribution < 1.29 is 13.9 Å². The first-order valence-corrected chi connectivity index (χ1v) is 9.84. The van der Waals surface area contributed by atoms with Crippen molar-refractivity contribution in [2.45, 2.75) is 25.0 Å². The van der Waals surface area contributed by atoms with Crippen LogP contribution in [0.25, 0.3) is 0 Å². The van der Waals surface area contributed by atoms with Crippen LogP contribution >= 0.6 is 0 Å². The van der Waals surface area contributed by atoms with Gasteiger partial charge in [-0.1, -0.05) is 60.7 Å². The smallest absolute Gasteiger partial charge is 0.305 e. The van der Waals surface area contributed by atoms with Crippen LogP contribution in [0.5, 0.6) is 11.5 Å². The minimum atomic E-state index is -1.19. The third kappa shape index (κ3) is 2.71. The fourth-order valence-corrected chi connectivity index (χ4v) is 4.12. The summed E-state index contributed by atoms with van der Waals surface area (Å²) in [5, 5.41) is 0. The Kier molecular flexibility index (Phi) is 4.19. The second-order valence-corrected chi connectivity index (χ2v) is 7.33. The van der Waals surface area contributed by atoms with Gasteiger partial charge in [-0.15, -0.1) is 0 Å². The second-order valence-electron chi connectivity index (χ2n) is 7.33. The highest BCUT2D eigenvalue weighted by molar-refractivity contribution is 5.61. The monoisotopic (exact) mass is 375 g/mol. The maximum absolute atomic E-state index is 15.5. The molecular formula is C24H22FNO2. The first kappa shape index (κ1) is 17.1. The van der Waals surface area contributed by atoms with Gasteiger partial charge in [-0.05, 0) is 31.4 Å². The van der Waals surface area contributed by atoms with Gasteiger partial charge in [0.05, 0.1) is 5.69 Å². The quantitative estimate of drug-likeness (QED) is 0.604. The van der Waals surface area contributed by atoms with E-state index in [0.717, 1.165) is 37.1 Å². The van der Waals surface area contributed by atoms with E-state index in [4.69, 9.17) is 9.47 Å². The highest BCUT2D eigenvalue weighted by Crippen LogP contribution is 2.50. The molecule has 3 aromatic rings. The number of nitrogens with zero attached hydrogens (tertiary/aromatic N) is 1. The lowest BCUT2D eigenvalue weighted by atomic mass is 9.97. The summed E-state index contributed by atoms with van der Waals surface area (Å²) in [5.41, 5.74) is 2.26. The molecule has 28 heavy (non-hydrogen) atoms. The lowest BCUT2D eigenvalue weighted by molar-refractivity contribution is -0.0472. The van der Waals surface area contributed by atoms with E-state index >= 15 is 4.39 Å². The van der Waals surface area contributed by atoms with E-state index in [1.54, 1.807) is 0 Å². The zero-order chi connectivity index (χ0) is 19.0. The second kappa shape index (κ2) is 6.86. The van der Waals surface area contributed by atoms with Gasteiger partial charge >= 0.3 is 5.79 Å². The maximum atomic E-state index is 15.5. The van der Waals surface area contributed by atoms with Crippen LogP contribution in [0.1, 0.15) is 30.4 Å². The van der Waals surface area contributed by atoms with Gasteiger partial charge in [0.2, 0.25) is 5.75 Å². The molecule has 0 radical (unpaired) electrons. The Hall–Kier alpha value is -3.01. The van der Waals surface area contributed by atoms with Crippen molar-refractivity contribution >= 4 is 5.69 Å². The number of rotatable bonds is 3. The zero-order valence-electron chi connectivity index (χ0n) is 15.6. The molecule has 1 fully saturated rings. The Morgan fingerprint density at radius 1 is 0.714 bits per heavy atom. The first-order valence-electron chi connectivity index (χ1n) is 9.84. The molecule has 0 spiro atoms. The number of fused-ring (bicyclic) bond motifs is 1. The molecule has 142 valence electrons. The molecule has 0 aromatic heterocycles. The molecule has 2 aliphatic heterocycles. The number of hydrogen-bond acceptors (Lipinski definition) is 3. The van der Waals surface area contributed by atoms with Crippen LogP contribution in [0.3, 0.4) is 0 Å². The summed E-state index contributed by atoms with van der Waals surface area (Å²) in [6.45, 7) is 1.75. The number of piperidine rings is 1. The van der Waals surface area contributed by atoms with Crippen LogP contribution in [0.2, 0.25) is 0 Å². The lowest BCUT2D eigenvalue weighted by Crippen LogP contribution is -2.36. The van der Waals surface area contributed by atoms with Gasteiger partial charge in [-0.25, -0.2) is 4.39 Å². The lowest BCUT2D eigenvalue weighted by Gasteiger charge is -2.29. The molecule has 0 amide bonds. The number of anilines is 1. The van der Waals surface area contributed by atoms with Gasteiger partial charge in [0, 0.05) is 24.2 Å². The first-order chi connectivity index (χ1) is 13.8. The van der Waals surface area contributed by atoms with Crippen LogP contribution in [0.4, 0.5) is 10.1 Å². The van der Waals surface area contributed by atoms with Gasteiger partial charge in [-0.2, -0.15) is 0 Å². The standard InChI is InChI=1S/C24H22FNO2/c25-22-20(26-16-8-3-9-17-26)14-15-21-23(22)28-24(27-21,18-10-4-1-5-11-18)19-12-6-2-7-13-19/h1-2,4-7,10-15H,3,8-9,16-17H2. The number of benzene rings is 3. The zero-order valence-corrected chi connectivity index (χ0v) is 15.6. The van der Waals surface area contributed by atoms with Gasteiger partial charge in [-0.3, -0.25) is 0 Å². The Bertz CT molecular complexity index is 929. The summed E-state index contributed by atoms with van der Waals surface area (Å²) in [7, 11) is 0. The minimum Gasteiger partial charge on any atom is -0.440 e. The van der Waals surface area contributed by atoms with Crippen molar-refractivity contribution in [1.82, 2.24) is 0 Å². The summed E-state index contributed by atoms with van der Waals surface area (Å²) in [6.07, 6.45) is 3.38. The third-order valence-electron chi connectivity index (χ3n) is 5.54. The van der Waals surface area contributed by atoms with E-state index in [9.17, 15) is 0 Å². The van der Waals surface area contributed by atoms with E-state index in [1.807, 2.05) is 72.8 Å². The molecule has 2 heterocycles. The normalized spacial score (nSPS) is 17.5. The molecule has 5 rings (SSSR count). The van der Waals surface area contributed by atoms with Gasteiger partial charge < -0.3 is 14.4 Å². The molecule has 3 aromatic carbocycles. The van der Waals surface area contributed by atoms with Crippen molar-refractivity contribution in [3.8, 4) is 11.5 Å². The molecule has 1 saturated heterocycles. The molecule has 0 bridgehead atoms. The van der Waals surface area contributed by atoms with E-state index in [2.05, 4.69) is 4.90 Å². The Balaban J connectivity index is 1.60. The van der Waals surface area contributed by atoms with Crippen molar-refractivity contribution in [2.75, 3.05) is 18.0 Å². The summed E-state index contributed by atoms with van der Waals surface area (Å²) >= 11 is 0. The SMILES string of the molecule is Fc1c(N2CCCCC2)ccc2c1OC(c1ccccc1)(c1ccccc1)O2. The highest BCUT2D eigenvalue weighted by atomic mass is 19.1. The van der Waals surface area contributed by atoms with E-state index in [1.165, 1.54) is 6.42 Å². The largest absolute Gasteiger partial charge is 0.440 e. The van der Waals surface area contributed by atoms with E-state index in [0.29, 0.717) is 11.4 Å². The predicted octanol–water partition coefficient (Wildman–Crippen LogP) is 5.49. The average Bonchev–Trinajstić information content (AvgIpc) is 3.18. The molecule has 0 N–H and O–H groups in total. The minimum absolute atomic E-state index is 0.191. The van der Waals surface area contributed by atoms with Crippen LogP contribution in [0, 0.1) is 5.82 Å². The van der Waals surface area contributed by atoms with Gasteiger partial charge in [0.15, 0.2) is 11.6 Å². The van der Waals surface area contributed by atoms with Crippen LogP contribution in [-0.4, -0.2) is 13.1 Å². The van der Waals surface area contributed by atoms with Gasteiger partial charge in [0.1, 0.15) is 0 Å². The van der Waals surface area contributed by atoms with Crippen molar-refractivity contribution in [3.63, 3.8) is 0 Å². The Morgan fingerprint density at radius 2 is 1.32 bits per heavy atom. The average molecular weight is 375 g/mol. The van der Waals surface area contributed by atoms with Crippen LogP contribution in [0.15, 0.2) is 72.8 Å². The molecule has 3 nitrogen and oxygen atoms in total. The summed E-state index contributed by atoms with van der Waals surface area (Å²) in [4.78, 5) is 2.10. The topological polar surface area (TPSA) is 21.7 Å². The summed E-state index contributed by atoms with van der Waals surface area (Å²) in [5.74, 6) is -0.901. The highest BCUT2D eigenvalue weighted by Gasteiger charge is 2.47. The molecule has 0 saturated carbocycles. The van der Waals surface area contributed by atoms with Crippen molar-refractivity contribution in [2.24, 2.45) is 0 Å². The summed E-state index contributed by atoms with van der Waals surface area (Å²) in [6, 6.07) is 23.1. The van der Waals surface area contributed by atoms with Gasteiger partial charge in [0.25, 0.3) is 0 Å². The van der Waals surface area contributed by atoms with Crippen LogP contribution < -0.4 is 14.4 Å². The summed E-state index contributed by atoms with van der Waals surface area (Å²) < 4.78 is 28.1. The molecule has 2 aliphatic rings. The Labute approximate surface area is 164 Å². The van der Waals surface area contributed by atoms with Crippen molar-refractivity contribution in [3.05, 3.63) is 89.7 Å².